The maximum Gasteiger partial charge on any atom is 0.414 e. The number of hydrogen-bond acceptors (Lipinski definition) is 2. The highest BCUT2D eigenvalue weighted by molar-refractivity contribution is 5.89. The second-order valence-electron chi connectivity index (χ2n) is 3.60. The maximum atomic E-state index is 12.8. The number of hydrogen-bond donors (Lipinski definition) is 1. The van der Waals surface area contributed by atoms with Crippen LogP contribution in [0, 0.1) is 5.82 Å². The molecular weight excluding hydrogens is 256 g/mol. The minimum Gasteiger partial charge on any atom is -0.478 e. The van der Waals surface area contributed by atoms with E-state index in [0.29, 0.717) is 0 Å². The predicted molar refractivity (Wildman–Crippen MR) is 53.7 cm³/mol. The van der Waals surface area contributed by atoms with Gasteiger partial charge in [0, 0.05) is 0 Å². The van der Waals surface area contributed by atoms with E-state index in [1.165, 1.54) is 0 Å². The van der Waals surface area contributed by atoms with Gasteiger partial charge in [-0.25, -0.2) is 9.18 Å². The smallest absolute Gasteiger partial charge is 0.414 e. The van der Waals surface area contributed by atoms with E-state index < -0.39 is 36.2 Å². The zero-order chi connectivity index (χ0) is 13.9. The van der Waals surface area contributed by atoms with Crippen molar-refractivity contribution in [1.29, 1.82) is 0 Å². The SMILES string of the molecule is CC(OCc1ccc(F)cc1C(=O)O)C(F)(F)F. The van der Waals surface area contributed by atoms with Gasteiger partial charge in [-0.3, -0.25) is 0 Å². The van der Waals surface area contributed by atoms with Crippen molar-refractivity contribution in [1.82, 2.24) is 0 Å². The first-order chi connectivity index (χ1) is 8.21. The minimum atomic E-state index is -4.52. The molecule has 0 amide bonds. The van der Waals surface area contributed by atoms with E-state index in [1.54, 1.807) is 0 Å². The molecule has 0 saturated heterocycles. The van der Waals surface area contributed by atoms with Crippen LogP contribution in [0.1, 0.15) is 22.8 Å². The first-order valence-corrected chi connectivity index (χ1v) is 4.92. The van der Waals surface area contributed by atoms with Crippen molar-refractivity contribution in [2.45, 2.75) is 25.8 Å². The molecule has 0 fully saturated rings. The van der Waals surface area contributed by atoms with Gasteiger partial charge in [0.05, 0.1) is 12.2 Å². The summed E-state index contributed by atoms with van der Waals surface area (Å²) in [6.07, 6.45) is -6.55. The lowest BCUT2D eigenvalue weighted by Gasteiger charge is -2.17. The fourth-order valence-electron chi connectivity index (χ4n) is 1.18. The van der Waals surface area contributed by atoms with Gasteiger partial charge in [-0.1, -0.05) is 6.07 Å². The molecule has 7 heteroatoms. The highest BCUT2D eigenvalue weighted by atomic mass is 19.4. The Kier molecular flexibility index (Phi) is 4.28. The summed E-state index contributed by atoms with van der Waals surface area (Å²) >= 11 is 0. The van der Waals surface area contributed by atoms with Crippen LogP contribution in [-0.2, 0) is 11.3 Å². The second-order valence-corrected chi connectivity index (χ2v) is 3.60. The van der Waals surface area contributed by atoms with E-state index in [4.69, 9.17) is 5.11 Å². The van der Waals surface area contributed by atoms with Crippen LogP contribution in [-0.4, -0.2) is 23.4 Å². The Bertz CT molecular complexity index is 442. The van der Waals surface area contributed by atoms with Crippen LogP contribution in [0.2, 0.25) is 0 Å². The number of ether oxygens (including phenoxy) is 1. The van der Waals surface area contributed by atoms with Crippen LogP contribution in [0.25, 0.3) is 0 Å². The van der Waals surface area contributed by atoms with Gasteiger partial charge in [-0.05, 0) is 24.6 Å². The van der Waals surface area contributed by atoms with Crippen LogP contribution in [0.3, 0.4) is 0 Å². The largest absolute Gasteiger partial charge is 0.478 e. The Hall–Kier alpha value is -1.63. The molecule has 0 saturated carbocycles. The number of rotatable bonds is 4. The molecule has 1 N–H and O–H groups in total. The number of carboxylic acids is 1. The van der Waals surface area contributed by atoms with Crippen molar-refractivity contribution in [2.75, 3.05) is 0 Å². The van der Waals surface area contributed by atoms with Gasteiger partial charge in [0.1, 0.15) is 5.82 Å². The zero-order valence-electron chi connectivity index (χ0n) is 9.29. The number of carboxylic acid groups (broad SMARTS) is 1. The average molecular weight is 266 g/mol. The van der Waals surface area contributed by atoms with Crippen LogP contribution < -0.4 is 0 Å². The molecule has 0 heterocycles. The zero-order valence-corrected chi connectivity index (χ0v) is 9.29. The molecule has 0 aliphatic carbocycles. The molecule has 0 spiro atoms. The maximum absolute atomic E-state index is 12.8. The van der Waals surface area contributed by atoms with Crippen LogP contribution >= 0.6 is 0 Å². The molecule has 18 heavy (non-hydrogen) atoms. The molecule has 1 atom stereocenters. The molecule has 0 aliphatic heterocycles. The standard InChI is InChI=1S/C11H10F4O3/c1-6(11(13,14)15)18-5-7-2-3-8(12)4-9(7)10(16)17/h2-4,6H,5H2,1H3,(H,16,17). The first kappa shape index (κ1) is 14.4. The first-order valence-electron chi connectivity index (χ1n) is 4.92. The van der Waals surface area contributed by atoms with E-state index in [0.717, 1.165) is 25.1 Å². The van der Waals surface area contributed by atoms with Crippen molar-refractivity contribution in [3.63, 3.8) is 0 Å². The summed E-state index contributed by atoms with van der Waals surface area (Å²) < 4.78 is 53.8. The molecule has 100 valence electrons. The fraction of sp³-hybridized carbons (Fsp3) is 0.364. The monoisotopic (exact) mass is 266 g/mol. The molecule has 0 aliphatic rings. The third-order valence-corrected chi connectivity index (χ3v) is 2.25. The number of halogens is 4. The molecule has 1 aromatic rings. The molecule has 1 rings (SSSR count). The molecule has 3 nitrogen and oxygen atoms in total. The molecular formula is C11H10F4O3. The number of carbonyl (C=O) groups is 1. The third-order valence-electron chi connectivity index (χ3n) is 2.25. The van der Waals surface area contributed by atoms with Crippen LogP contribution in [0.15, 0.2) is 18.2 Å². The molecule has 0 bridgehead atoms. The lowest BCUT2D eigenvalue weighted by molar-refractivity contribution is -0.217. The van der Waals surface area contributed by atoms with Gasteiger partial charge in [0.2, 0.25) is 0 Å². The van der Waals surface area contributed by atoms with Crippen molar-refractivity contribution in [3.05, 3.63) is 35.1 Å². The summed E-state index contributed by atoms with van der Waals surface area (Å²) in [6, 6.07) is 2.78. The van der Waals surface area contributed by atoms with Crippen LogP contribution in [0.4, 0.5) is 17.6 Å². The van der Waals surface area contributed by atoms with Gasteiger partial charge in [0.15, 0.2) is 6.10 Å². The predicted octanol–water partition coefficient (Wildman–Crippen LogP) is 2.99. The highest BCUT2D eigenvalue weighted by Crippen LogP contribution is 2.24. The Balaban J connectivity index is 2.82. The Morgan fingerprint density at radius 3 is 2.56 bits per heavy atom. The third kappa shape index (κ3) is 3.69. The summed E-state index contributed by atoms with van der Waals surface area (Å²) in [5.41, 5.74) is -0.427. The van der Waals surface area contributed by atoms with Gasteiger partial charge < -0.3 is 9.84 Å². The number of benzene rings is 1. The van der Waals surface area contributed by atoms with Crippen molar-refractivity contribution >= 4 is 5.97 Å². The van der Waals surface area contributed by atoms with E-state index in [9.17, 15) is 22.4 Å². The summed E-state index contributed by atoms with van der Waals surface area (Å²) in [5.74, 6) is -2.20. The molecule has 0 aromatic heterocycles. The van der Waals surface area contributed by atoms with Gasteiger partial charge in [-0.15, -0.1) is 0 Å². The summed E-state index contributed by atoms with van der Waals surface area (Å²) in [5, 5.41) is 8.77. The summed E-state index contributed by atoms with van der Waals surface area (Å²) in [7, 11) is 0. The Labute approximate surface area is 100.0 Å². The Morgan fingerprint density at radius 1 is 1.44 bits per heavy atom. The summed E-state index contributed by atoms with van der Waals surface area (Å²) in [6.45, 7) is 0.257. The molecule has 0 radical (unpaired) electrons. The topological polar surface area (TPSA) is 46.5 Å². The van der Waals surface area contributed by atoms with Gasteiger partial charge in [-0.2, -0.15) is 13.2 Å². The highest BCUT2D eigenvalue weighted by Gasteiger charge is 2.37. The van der Waals surface area contributed by atoms with Gasteiger partial charge >= 0.3 is 12.1 Å². The molecule has 1 unspecified atom stereocenters. The van der Waals surface area contributed by atoms with E-state index in [-0.39, 0.29) is 5.56 Å². The van der Waals surface area contributed by atoms with Crippen LogP contribution in [0.5, 0.6) is 0 Å². The lowest BCUT2D eigenvalue weighted by Crippen LogP contribution is -2.28. The molecule has 1 aromatic carbocycles. The Morgan fingerprint density at radius 2 is 2.06 bits per heavy atom. The van der Waals surface area contributed by atoms with Crippen molar-refractivity contribution < 1.29 is 32.2 Å². The van der Waals surface area contributed by atoms with E-state index in [2.05, 4.69) is 4.74 Å². The number of alkyl halides is 3. The summed E-state index contributed by atoms with van der Waals surface area (Å²) in [4.78, 5) is 10.8. The average Bonchev–Trinajstić information content (AvgIpc) is 2.25. The fourth-order valence-corrected chi connectivity index (χ4v) is 1.18. The quantitative estimate of drug-likeness (QED) is 0.852. The van der Waals surface area contributed by atoms with E-state index in [1.807, 2.05) is 0 Å². The van der Waals surface area contributed by atoms with Crippen molar-refractivity contribution in [2.24, 2.45) is 0 Å². The second kappa shape index (κ2) is 5.34. The normalized spacial score (nSPS) is 13.4. The number of aromatic carboxylic acids is 1. The van der Waals surface area contributed by atoms with E-state index >= 15 is 0 Å². The minimum absolute atomic E-state index is 0.0139. The van der Waals surface area contributed by atoms with Crippen molar-refractivity contribution in [3.8, 4) is 0 Å². The lowest BCUT2D eigenvalue weighted by atomic mass is 10.1. The van der Waals surface area contributed by atoms with Gasteiger partial charge in [0.25, 0.3) is 0 Å².